The Labute approximate surface area is 87.6 Å². The number of fused-ring (bicyclic) bond motifs is 1. The smallest absolute Gasteiger partial charge is 0.217 e. The lowest BCUT2D eigenvalue weighted by Crippen LogP contribution is -2.06. The zero-order valence-electron chi connectivity index (χ0n) is 7.64. The standard InChI is InChI=1S/C10H8O4S/c11-9-4-6-1-2-8(15(13)14)3-7(6)5-10(9)12/h1-2,4-5,11-12H,3H2. The number of aromatic hydroxyl groups is 2. The molecule has 0 saturated heterocycles. The summed E-state index contributed by atoms with van der Waals surface area (Å²) < 4.78 is 21.4. The highest BCUT2D eigenvalue weighted by molar-refractivity contribution is 7.73. The van der Waals surface area contributed by atoms with E-state index in [0.29, 0.717) is 5.56 Å². The van der Waals surface area contributed by atoms with Crippen molar-refractivity contribution in [3.8, 4) is 11.5 Å². The van der Waals surface area contributed by atoms with Crippen LogP contribution in [0.15, 0.2) is 18.2 Å². The molecular weight excluding hydrogens is 216 g/mol. The van der Waals surface area contributed by atoms with Crippen LogP contribution >= 0.6 is 0 Å². The van der Waals surface area contributed by atoms with Gasteiger partial charge in [0.2, 0.25) is 10.3 Å². The molecule has 0 aromatic heterocycles. The quantitative estimate of drug-likeness (QED) is 0.503. The van der Waals surface area contributed by atoms with Gasteiger partial charge in [0.25, 0.3) is 0 Å². The number of phenols is 2. The molecule has 0 radical (unpaired) electrons. The van der Waals surface area contributed by atoms with Crippen LogP contribution in [0.4, 0.5) is 0 Å². The van der Waals surface area contributed by atoms with Gasteiger partial charge in [0.1, 0.15) is 0 Å². The number of hydrogen-bond donors (Lipinski definition) is 2. The van der Waals surface area contributed by atoms with Gasteiger partial charge >= 0.3 is 0 Å². The van der Waals surface area contributed by atoms with Crippen molar-refractivity contribution in [3.05, 3.63) is 29.3 Å². The Bertz CT molecular complexity index is 574. The molecule has 0 bridgehead atoms. The molecule has 0 atom stereocenters. The van der Waals surface area contributed by atoms with Gasteiger partial charge in [0.15, 0.2) is 11.5 Å². The van der Waals surface area contributed by atoms with Gasteiger partial charge in [0, 0.05) is 6.42 Å². The summed E-state index contributed by atoms with van der Waals surface area (Å²) in [6.45, 7) is 0. The maximum Gasteiger partial charge on any atom is 0.217 e. The second-order valence-corrected chi connectivity index (χ2v) is 4.24. The lowest BCUT2D eigenvalue weighted by Gasteiger charge is -2.11. The Kier molecular flexibility index (Phi) is 2.24. The second kappa shape index (κ2) is 3.43. The van der Waals surface area contributed by atoms with Gasteiger partial charge in [0.05, 0.1) is 4.86 Å². The number of phenolic OH excluding ortho intramolecular Hbond substituents is 2. The number of allylic oxidation sites excluding steroid dienone is 1. The first-order chi connectivity index (χ1) is 7.08. The molecule has 2 rings (SSSR count). The van der Waals surface area contributed by atoms with Crippen LogP contribution in [0, 0.1) is 0 Å². The van der Waals surface area contributed by atoms with E-state index in [9.17, 15) is 18.6 Å². The van der Waals surface area contributed by atoms with Crippen LogP contribution in [-0.2, 0) is 16.7 Å². The van der Waals surface area contributed by atoms with E-state index in [1.54, 1.807) is 6.08 Å². The van der Waals surface area contributed by atoms with Gasteiger partial charge in [-0.05, 0) is 29.3 Å². The van der Waals surface area contributed by atoms with Crippen molar-refractivity contribution in [2.75, 3.05) is 0 Å². The van der Waals surface area contributed by atoms with E-state index in [-0.39, 0.29) is 22.8 Å². The molecule has 0 spiro atoms. The SMILES string of the molecule is O=S(=O)=C1C=Cc2cc(O)c(O)cc2C1. The van der Waals surface area contributed by atoms with Gasteiger partial charge in [-0.2, -0.15) is 8.42 Å². The summed E-state index contributed by atoms with van der Waals surface area (Å²) in [4.78, 5) is 0.271. The molecule has 1 aliphatic carbocycles. The first-order valence-corrected chi connectivity index (χ1v) is 5.33. The van der Waals surface area contributed by atoms with Crippen LogP contribution in [-0.4, -0.2) is 23.5 Å². The molecule has 1 aromatic rings. The zero-order valence-corrected chi connectivity index (χ0v) is 8.45. The number of rotatable bonds is 0. The van der Waals surface area contributed by atoms with E-state index < -0.39 is 10.3 Å². The summed E-state index contributed by atoms with van der Waals surface area (Å²) in [6.07, 6.45) is 3.33. The van der Waals surface area contributed by atoms with Crippen LogP contribution in [0.3, 0.4) is 0 Å². The molecule has 0 amide bonds. The Hall–Kier alpha value is -1.75. The third-order valence-electron chi connectivity index (χ3n) is 2.26. The number of hydrogen-bond acceptors (Lipinski definition) is 4. The molecule has 0 aliphatic heterocycles. The van der Waals surface area contributed by atoms with Crippen molar-refractivity contribution in [2.45, 2.75) is 6.42 Å². The van der Waals surface area contributed by atoms with Crippen LogP contribution in [0.2, 0.25) is 0 Å². The first-order valence-electron chi connectivity index (χ1n) is 4.26. The van der Waals surface area contributed by atoms with Crippen molar-refractivity contribution in [1.29, 1.82) is 0 Å². The van der Waals surface area contributed by atoms with Crippen LogP contribution in [0.5, 0.6) is 11.5 Å². The highest BCUT2D eigenvalue weighted by atomic mass is 32.2. The second-order valence-electron chi connectivity index (χ2n) is 3.25. The fraction of sp³-hybridized carbons (Fsp3) is 0.100. The topological polar surface area (TPSA) is 74.6 Å². The maximum absolute atomic E-state index is 10.7. The van der Waals surface area contributed by atoms with E-state index in [1.165, 1.54) is 18.2 Å². The predicted molar refractivity (Wildman–Crippen MR) is 56.4 cm³/mol. The molecule has 1 aromatic carbocycles. The molecule has 1 aliphatic rings. The fourth-order valence-corrected chi connectivity index (χ4v) is 1.94. The van der Waals surface area contributed by atoms with E-state index in [2.05, 4.69) is 0 Å². The van der Waals surface area contributed by atoms with E-state index in [4.69, 9.17) is 0 Å². The van der Waals surface area contributed by atoms with Gasteiger partial charge in [-0.1, -0.05) is 6.08 Å². The van der Waals surface area contributed by atoms with Gasteiger partial charge in [-0.3, -0.25) is 0 Å². The molecule has 5 heteroatoms. The largest absolute Gasteiger partial charge is 0.504 e. The number of benzene rings is 1. The summed E-state index contributed by atoms with van der Waals surface area (Å²) in [7, 11) is -2.24. The lowest BCUT2D eigenvalue weighted by molar-refractivity contribution is 0.403. The summed E-state index contributed by atoms with van der Waals surface area (Å²) >= 11 is 0. The first kappa shape index (κ1) is 9.79. The van der Waals surface area contributed by atoms with E-state index >= 15 is 0 Å². The van der Waals surface area contributed by atoms with E-state index in [0.717, 1.165) is 5.56 Å². The van der Waals surface area contributed by atoms with Crippen molar-refractivity contribution in [2.24, 2.45) is 0 Å². The summed E-state index contributed by atoms with van der Waals surface area (Å²) in [5.74, 6) is -0.440. The van der Waals surface area contributed by atoms with Crippen molar-refractivity contribution < 1.29 is 18.6 Å². The normalized spacial score (nSPS) is 13.7. The molecule has 0 heterocycles. The Morgan fingerprint density at radius 3 is 2.40 bits per heavy atom. The minimum absolute atomic E-state index is 0.204. The fourth-order valence-electron chi connectivity index (χ4n) is 1.49. The van der Waals surface area contributed by atoms with E-state index in [1.807, 2.05) is 0 Å². The highest BCUT2D eigenvalue weighted by Gasteiger charge is 2.13. The highest BCUT2D eigenvalue weighted by Crippen LogP contribution is 2.31. The van der Waals surface area contributed by atoms with Gasteiger partial charge < -0.3 is 10.2 Å². The zero-order chi connectivity index (χ0) is 11.0. The molecule has 0 fully saturated rings. The maximum atomic E-state index is 10.7. The molecule has 2 N–H and O–H groups in total. The predicted octanol–water partition coefficient (Wildman–Crippen LogP) is 0.719. The molecule has 78 valence electrons. The molecular formula is C10H8O4S. The molecule has 0 unspecified atom stereocenters. The third kappa shape index (κ3) is 1.73. The monoisotopic (exact) mass is 224 g/mol. The minimum atomic E-state index is -2.24. The average molecular weight is 224 g/mol. The Morgan fingerprint density at radius 2 is 1.73 bits per heavy atom. The van der Waals surface area contributed by atoms with Crippen LogP contribution in [0.25, 0.3) is 6.08 Å². The lowest BCUT2D eigenvalue weighted by atomic mass is 9.97. The third-order valence-corrected chi connectivity index (χ3v) is 2.97. The van der Waals surface area contributed by atoms with Gasteiger partial charge in [-0.15, -0.1) is 0 Å². The molecule has 4 nitrogen and oxygen atoms in total. The van der Waals surface area contributed by atoms with Crippen molar-refractivity contribution in [3.63, 3.8) is 0 Å². The van der Waals surface area contributed by atoms with Crippen molar-refractivity contribution >= 4 is 21.2 Å². The summed E-state index contributed by atoms with van der Waals surface area (Å²) in [5, 5.41) is 18.5. The molecule has 15 heavy (non-hydrogen) atoms. The summed E-state index contributed by atoms with van der Waals surface area (Å²) in [6, 6.07) is 2.78. The Morgan fingerprint density at radius 1 is 1.07 bits per heavy atom. The minimum Gasteiger partial charge on any atom is -0.504 e. The van der Waals surface area contributed by atoms with Crippen LogP contribution in [0.1, 0.15) is 11.1 Å². The Balaban J connectivity index is 2.61. The van der Waals surface area contributed by atoms with Crippen molar-refractivity contribution in [1.82, 2.24) is 0 Å². The molecule has 0 saturated carbocycles. The summed E-state index contributed by atoms with van der Waals surface area (Å²) in [5.41, 5.74) is 1.41. The van der Waals surface area contributed by atoms with Gasteiger partial charge in [-0.25, -0.2) is 0 Å². The average Bonchev–Trinajstić information content (AvgIpc) is 2.19. The van der Waals surface area contributed by atoms with Crippen LogP contribution < -0.4 is 0 Å².